The van der Waals surface area contributed by atoms with E-state index in [9.17, 15) is 0 Å². The first-order valence-electron chi connectivity index (χ1n) is 7.38. The zero-order valence-electron chi connectivity index (χ0n) is 13.2. The van der Waals surface area contributed by atoms with Crippen LogP contribution in [0.3, 0.4) is 0 Å². The summed E-state index contributed by atoms with van der Waals surface area (Å²) < 4.78 is 5.50. The standard InChI is InChI=1S/C16H18BrN5S/c1-10-4-5-14(11(2)6-10)22-15(19-20-16(22)23)12(3)8-21-9-13(17)7-18-21/h4-7,9,12H,8H2,1-3H3,(H,20,23)/t12-/m0/s1. The van der Waals surface area contributed by atoms with Gasteiger partial charge in [0.1, 0.15) is 5.82 Å². The second-order valence-electron chi connectivity index (χ2n) is 5.79. The molecule has 0 saturated heterocycles. The molecule has 3 aromatic rings. The van der Waals surface area contributed by atoms with Gasteiger partial charge in [-0.15, -0.1) is 0 Å². The van der Waals surface area contributed by atoms with Crippen LogP contribution in [-0.2, 0) is 6.54 Å². The Hall–Kier alpha value is -1.73. The number of nitrogens with zero attached hydrogens (tertiary/aromatic N) is 4. The molecule has 2 heterocycles. The second kappa shape index (κ2) is 6.41. The van der Waals surface area contributed by atoms with Crippen LogP contribution in [0.2, 0.25) is 0 Å². The summed E-state index contributed by atoms with van der Waals surface area (Å²) in [5.41, 5.74) is 3.48. The first-order chi connectivity index (χ1) is 11.0. The van der Waals surface area contributed by atoms with Crippen molar-refractivity contribution in [1.82, 2.24) is 24.5 Å². The molecule has 0 radical (unpaired) electrons. The molecule has 3 rings (SSSR count). The molecule has 23 heavy (non-hydrogen) atoms. The van der Waals surface area contributed by atoms with Crippen molar-refractivity contribution in [2.45, 2.75) is 33.2 Å². The van der Waals surface area contributed by atoms with E-state index in [4.69, 9.17) is 12.2 Å². The molecule has 5 nitrogen and oxygen atoms in total. The third-order valence-electron chi connectivity index (χ3n) is 3.79. The van der Waals surface area contributed by atoms with E-state index in [-0.39, 0.29) is 5.92 Å². The number of aryl methyl sites for hydroxylation is 2. The lowest BCUT2D eigenvalue weighted by molar-refractivity contribution is 0.518. The van der Waals surface area contributed by atoms with E-state index in [0.717, 1.165) is 22.5 Å². The Bertz CT molecular complexity index is 892. The molecule has 7 heteroatoms. The molecule has 1 aromatic carbocycles. The summed E-state index contributed by atoms with van der Waals surface area (Å²) in [4.78, 5) is 0. The first-order valence-corrected chi connectivity index (χ1v) is 8.58. The van der Waals surface area contributed by atoms with E-state index < -0.39 is 0 Å². The molecule has 1 N–H and O–H groups in total. The minimum absolute atomic E-state index is 0.162. The van der Waals surface area contributed by atoms with Gasteiger partial charge in [0.05, 0.1) is 22.9 Å². The maximum absolute atomic E-state index is 5.45. The molecule has 0 aliphatic rings. The summed E-state index contributed by atoms with van der Waals surface area (Å²) in [7, 11) is 0. The molecule has 0 saturated carbocycles. The van der Waals surface area contributed by atoms with Gasteiger partial charge >= 0.3 is 0 Å². The molecule has 120 valence electrons. The molecule has 0 unspecified atom stereocenters. The zero-order valence-corrected chi connectivity index (χ0v) is 15.6. The highest BCUT2D eigenvalue weighted by Crippen LogP contribution is 2.23. The van der Waals surface area contributed by atoms with Gasteiger partial charge in [0.25, 0.3) is 0 Å². The van der Waals surface area contributed by atoms with Gasteiger partial charge in [-0.1, -0.05) is 24.6 Å². The number of hydrogen-bond donors (Lipinski definition) is 1. The van der Waals surface area contributed by atoms with Crippen LogP contribution in [0, 0.1) is 18.6 Å². The van der Waals surface area contributed by atoms with Crippen molar-refractivity contribution >= 4 is 28.1 Å². The number of rotatable bonds is 4. The fraction of sp³-hybridized carbons (Fsp3) is 0.312. The molecule has 0 aliphatic carbocycles. The number of hydrogen-bond acceptors (Lipinski definition) is 3. The minimum atomic E-state index is 0.162. The van der Waals surface area contributed by atoms with E-state index in [1.807, 2.05) is 15.4 Å². The van der Waals surface area contributed by atoms with Gasteiger partial charge < -0.3 is 0 Å². The molecule has 0 amide bonds. The topological polar surface area (TPSA) is 51.4 Å². The first kappa shape index (κ1) is 16.1. The van der Waals surface area contributed by atoms with Crippen molar-refractivity contribution in [3.63, 3.8) is 0 Å². The van der Waals surface area contributed by atoms with Crippen molar-refractivity contribution in [1.29, 1.82) is 0 Å². The number of halogens is 1. The monoisotopic (exact) mass is 391 g/mol. The minimum Gasteiger partial charge on any atom is -0.272 e. The number of benzene rings is 1. The van der Waals surface area contributed by atoms with Gasteiger partial charge in [-0.25, -0.2) is 0 Å². The third-order valence-corrected chi connectivity index (χ3v) is 4.48. The van der Waals surface area contributed by atoms with Crippen molar-refractivity contribution < 1.29 is 0 Å². The largest absolute Gasteiger partial charge is 0.272 e. The highest BCUT2D eigenvalue weighted by molar-refractivity contribution is 9.10. The lowest BCUT2D eigenvalue weighted by Crippen LogP contribution is -2.13. The predicted molar refractivity (Wildman–Crippen MR) is 96.6 cm³/mol. The summed E-state index contributed by atoms with van der Waals surface area (Å²) in [6.07, 6.45) is 3.74. The number of H-pyrrole nitrogens is 1. The number of nitrogens with one attached hydrogen (secondary N) is 1. The van der Waals surface area contributed by atoms with Crippen LogP contribution in [0.25, 0.3) is 5.69 Å². The zero-order chi connectivity index (χ0) is 16.6. The van der Waals surface area contributed by atoms with Crippen molar-refractivity contribution in [2.75, 3.05) is 0 Å². The van der Waals surface area contributed by atoms with E-state index >= 15 is 0 Å². The van der Waals surface area contributed by atoms with Gasteiger partial charge in [-0.3, -0.25) is 14.3 Å². The van der Waals surface area contributed by atoms with Crippen LogP contribution in [-0.4, -0.2) is 24.5 Å². The summed E-state index contributed by atoms with van der Waals surface area (Å²) in [6, 6.07) is 6.34. The molecule has 2 aromatic heterocycles. The highest BCUT2D eigenvalue weighted by Gasteiger charge is 2.17. The average molecular weight is 392 g/mol. The second-order valence-corrected chi connectivity index (χ2v) is 7.10. The quantitative estimate of drug-likeness (QED) is 0.674. The third kappa shape index (κ3) is 3.30. The average Bonchev–Trinajstić information content (AvgIpc) is 3.05. The van der Waals surface area contributed by atoms with Gasteiger partial charge in [0, 0.05) is 12.1 Å². The lowest BCUT2D eigenvalue weighted by Gasteiger charge is -2.15. The fourth-order valence-electron chi connectivity index (χ4n) is 2.73. The van der Waals surface area contributed by atoms with E-state index in [0.29, 0.717) is 4.77 Å². The fourth-order valence-corrected chi connectivity index (χ4v) is 3.29. The number of aromatic amines is 1. The smallest absolute Gasteiger partial charge is 0.199 e. The Balaban J connectivity index is 1.99. The van der Waals surface area contributed by atoms with Crippen LogP contribution in [0.5, 0.6) is 0 Å². The van der Waals surface area contributed by atoms with E-state index in [1.54, 1.807) is 6.20 Å². The van der Waals surface area contributed by atoms with Gasteiger partial charge in [-0.05, 0) is 53.6 Å². The van der Waals surface area contributed by atoms with Crippen LogP contribution in [0.15, 0.2) is 35.1 Å². The maximum atomic E-state index is 5.45. The van der Waals surface area contributed by atoms with Crippen LogP contribution in [0.4, 0.5) is 0 Å². The Morgan fingerprint density at radius 3 is 2.78 bits per heavy atom. The van der Waals surface area contributed by atoms with Crippen molar-refractivity contribution in [3.05, 3.63) is 56.8 Å². The SMILES string of the molecule is Cc1ccc(-n2c([C@@H](C)Cn3cc(Br)cn3)n[nH]c2=S)c(C)c1. The van der Waals surface area contributed by atoms with Crippen molar-refractivity contribution in [2.24, 2.45) is 0 Å². The summed E-state index contributed by atoms with van der Waals surface area (Å²) in [6.45, 7) is 7.04. The molecular formula is C16H18BrN5S. The predicted octanol–water partition coefficient (Wildman–Crippen LogP) is 4.31. The normalized spacial score (nSPS) is 12.5. The molecular weight excluding hydrogens is 374 g/mol. The van der Waals surface area contributed by atoms with E-state index in [1.165, 1.54) is 11.1 Å². The summed E-state index contributed by atoms with van der Waals surface area (Å²) in [5.74, 6) is 1.07. The van der Waals surface area contributed by atoms with Gasteiger partial charge in [-0.2, -0.15) is 10.2 Å². The molecule has 0 fully saturated rings. The van der Waals surface area contributed by atoms with Crippen molar-refractivity contribution in [3.8, 4) is 5.69 Å². The highest BCUT2D eigenvalue weighted by atomic mass is 79.9. The number of aromatic nitrogens is 5. The Morgan fingerprint density at radius 1 is 1.35 bits per heavy atom. The Morgan fingerprint density at radius 2 is 2.13 bits per heavy atom. The molecule has 1 atom stereocenters. The van der Waals surface area contributed by atoms with Gasteiger partial charge in [0.2, 0.25) is 0 Å². The Labute approximate surface area is 148 Å². The van der Waals surface area contributed by atoms with Crippen LogP contribution < -0.4 is 0 Å². The van der Waals surface area contributed by atoms with E-state index in [2.05, 4.69) is 70.2 Å². The summed E-state index contributed by atoms with van der Waals surface area (Å²) in [5, 5.41) is 11.7. The molecule has 0 aliphatic heterocycles. The molecule has 0 spiro atoms. The van der Waals surface area contributed by atoms with Crippen LogP contribution in [0.1, 0.15) is 29.8 Å². The van der Waals surface area contributed by atoms with Crippen LogP contribution >= 0.6 is 28.1 Å². The lowest BCUT2D eigenvalue weighted by atomic mass is 10.1. The molecule has 0 bridgehead atoms. The Kier molecular flexibility index (Phi) is 4.50. The van der Waals surface area contributed by atoms with Gasteiger partial charge in [0.15, 0.2) is 4.77 Å². The summed E-state index contributed by atoms with van der Waals surface area (Å²) >= 11 is 8.87. The maximum Gasteiger partial charge on any atom is 0.199 e.